The third-order valence-electron chi connectivity index (χ3n) is 13.1. The van der Waals surface area contributed by atoms with E-state index in [0.29, 0.717) is 23.3 Å². The zero-order valence-electron chi connectivity index (χ0n) is 36.8. The number of aromatic nitrogens is 4. The largest absolute Gasteiger partial charge is 0.456 e. The van der Waals surface area contributed by atoms with Gasteiger partial charge in [0.2, 0.25) is 0 Å². The molecule has 3 aromatic heterocycles. The van der Waals surface area contributed by atoms with Crippen molar-refractivity contribution in [3.8, 4) is 39.9 Å². The highest BCUT2D eigenvalue weighted by atomic mass is 16.3. The molecular formula is C60H41N7O. The fourth-order valence-corrected chi connectivity index (χ4v) is 9.78. The van der Waals surface area contributed by atoms with Gasteiger partial charge in [-0.2, -0.15) is 0 Å². The van der Waals surface area contributed by atoms with Crippen molar-refractivity contribution >= 4 is 56.2 Å². The minimum atomic E-state index is -0.258. The maximum Gasteiger partial charge on any atom is 0.164 e. The molecule has 1 aliphatic carbocycles. The molecule has 0 amide bonds. The van der Waals surface area contributed by atoms with Crippen molar-refractivity contribution in [2.24, 2.45) is 9.98 Å². The Hall–Kier alpha value is -9.01. The molecule has 0 radical (unpaired) electrons. The van der Waals surface area contributed by atoms with Gasteiger partial charge in [-0.25, -0.2) is 24.9 Å². The molecule has 0 bridgehead atoms. The van der Waals surface area contributed by atoms with Crippen LogP contribution in [0.5, 0.6) is 0 Å². The van der Waals surface area contributed by atoms with Crippen LogP contribution in [0, 0.1) is 0 Å². The number of fused-ring (bicyclic) bond motifs is 6. The highest BCUT2D eigenvalue weighted by molar-refractivity contribution is 6.14. The van der Waals surface area contributed by atoms with Crippen molar-refractivity contribution in [3.05, 3.63) is 240 Å². The molecule has 1 aliphatic heterocycles. The lowest BCUT2D eigenvalue weighted by Gasteiger charge is -2.23. The van der Waals surface area contributed by atoms with Crippen molar-refractivity contribution in [3.63, 3.8) is 0 Å². The molecule has 0 spiro atoms. The van der Waals surface area contributed by atoms with Crippen LogP contribution in [0.25, 0.3) is 84.3 Å². The lowest BCUT2D eigenvalue weighted by atomic mass is 9.90. The summed E-state index contributed by atoms with van der Waals surface area (Å²) in [7, 11) is 0. The first-order valence-corrected chi connectivity index (χ1v) is 23.0. The minimum absolute atomic E-state index is 0.258. The molecule has 1 unspecified atom stereocenters. The van der Waals surface area contributed by atoms with Crippen LogP contribution in [0.1, 0.15) is 46.1 Å². The predicted molar refractivity (Wildman–Crippen MR) is 275 cm³/mol. The van der Waals surface area contributed by atoms with Crippen LogP contribution < -0.4 is 5.32 Å². The molecule has 8 heteroatoms. The second-order valence-electron chi connectivity index (χ2n) is 17.2. The molecule has 1 atom stereocenters. The number of hydrogen-bond acceptors (Lipinski definition) is 7. The first-order valence-electron chi connectivity index (χ1n) is 23.0. The van der Waals surface area contributed by atoms with E-state index >= 15 is 0 Å². The number of benzene rings is 8. The van der Waals surface area contributed by atoms with E-state index in [4.69, 9.17) is 29.4 Å². The molecule has 8 aromatic carbocycles. The van der Waals surface area contributed by atoms with Gasteiger partial charge in [-0.15, -0.1) is 0 Å². The minimum Gasteiger partial charge on any atom is -0.456 e. The molecule has 0 fully saturated rings. The number of amidine groups is 2. The van der Waals surface area contributed by atoms with E-state index in [9.17, 15) is 0 Å². The fraction of sp³-hybridized carbons (Fsp3) is 0.0500. The number of para-hydroxylation sites is 1. The average Bonchev–Trinajstić information content (AvgIpc) is 3.97. The number of nitrogens with zero attached hydrogens (tertiary/aromatic N) is 6. The molecule has 13 rings (SSSR count). The molecule has 0 saturated carbocycles. The molecule has 4 heterocycles. The molecule has 322 valence electrons. The Morgan fingerprint density at radius 2 is 1.13 bits per heavy atom. The van der Waals surface area contributed by atoms with Crippen molar-refractivity contribution < 1.29 is 4.42 Å². The number of aliphatic imine (C=N–C) groups is 2. The van der Waals surface area contributed by atoms with Crippen LogP contribution in [-0.2, 0) is 6.42 Å². The number of rotatable bonds is 8. The number of allylic oxidation sites excluding steroid dienone is 1. The van der Waals surface area contributed by atoms with Gasteiger partial charge in [0.05, 0.1) is 5.52 Å². The van der Waals surface area contributed by atoms with Crippen LogP contribution in [0.4, 0.5) is 0 Å². The summed E-state index contributed by atoms with van der Waals surface area (Å²) in [5.41, 5.74) is 14.7. The van der Waals surface area contributed by atoms with E-state index in [2.05, 4.69) is 113 Å². The number of furan rings is 1. The molecule has 0 saturated heterocycles. The van der Waals surface area contributed by atoms with Gasteiger partial charge in [0, 0.05) is 60.9 Å². The Morgan fingerprint density at radius 1 is 0.500 bits per heavy atom. The molecule has 1 N–H and O–H groups in total. The van der Waals surface area contributed by atoms with Crippen molar-refractivity contribution in [2.75, 3.05) is 0 Å². The summed E-state index contributed by atoms with van der Waals surface area (Å²) in [4.78, 5) is 25.3. The predicted octanol–water partition coefficient (Wildman–Crippen LogP) is 13.7. The first-order chi connectivity index (χ1) is 33.7. The maximum absolute atomic E-state index is 6.54. The summed E-state index contributed by atoms with van der Waals surface area (Å²) in [5.74, 6) is 3.35. The second-order valence-corrected chi connectivity index (χ2v) is 17.2. The Bertz CT molecular complexity index is 3740. The summed E-state index contributed by atoms with van der Waals surface area (Å²) >= 11 is 0. The zero-order chi connectivity index (χ0) is 45.0. The van der Waals surface area contributed by atoms with Crippen LogP contribution in [0.2, 0.25) is 0 Å². The molecule has 11 aromatic rings. The third kappa shape index (κ3) is 6.98. The maximum atomic E-state index is 6.54. The van der Waals surface area contributed by atoms with Crippen molar-refractivity contribution in [2.45, 2.75) is 19.0 Å². The summed E-state index contributed by atoms with van der Waals surface area (Å²) in [5, 5.41) is 6.81. The lowest BCUT2D eigenvalue weighted by molar-refractivity contribution is 0.669. The standard InChI is InChI=1S/C60H41N7O/c1-5-16-38(17-6-1)55-61-56(39-18-7-2-8-19-39)63-59(62-55)42-28-32-45(33-29-42)67-50-26-14-13-24-46(50)48-36-43(30-34-51(48)67)44-31-35-52-49(37-44)54-47(25-15-27-53(54)68-52)60-65-57(40-20-9-3-10-21-40)64-58(66-60)41-22-11-4-12-23-41/h1-29,31-33,35-37,55H,30,34H2,(H,61,62,63). The van der Waals surface area contributed by atoms with Crippen LogP contribution in [-0.4, -0.2) is 31.2 Å². The highest BCUT2D eigenvalue weighted by Crippen LogP contribution is 2.42. The summed E-state index contributed by atoms with van der Waals surface area (Å²) < 4.78 is 8.97. The van der Waals surface area contributed by atoms with Crippen LogP contribution in [0.3, 0.4) is 0 Å². The number of nitrogens with one attached hydrogen (secondary N) is 1. The summed E-state index contributed by atoms with van der Waals surface area (Å²) in [6.45, 7) is 0. The smallest absolute Gasteiger partial charge is 0.164 e. The van der Waals surface area contributed by atoms with E-state index in [-0.39, 0.29) is 6.17 Å². The van der Waals surface area contributed by atoms with Gasteiger partial charge in [0.15, 0.2) is 23.3 Å². The van der Waals surface area contributed by atoms with Gasteiger partial charge in [-0.3, -0.25) is 0 Å². The van der Waals surface area contributed by atoms with E-state index in [0.717, 1.165) is 79.7 Å². The Kier molecular flexibility index (Phi) is 9.52. The van der Waals surface area contributed by atoms with E-state index in [1.165, 1.54) is 33.3 Å². The monoisotopic (exact) mass is 875 g/mol. The van der Waals surface area contributed by atoms with Crippen molar-refractivity contribution in [1.82, 2.24) is 24.8 Å². The van der Waals surface area contributed by atoms with Crippen LogP contribution >= 0.6 is 0 Å². The van der Waals surface area contributed by atoms with Crippen LogP contribution in [0.15, 0.2) is 221 Å². The van der Waals surface area contributed by atoms with Gasteiger partial charge in [-0.05, 0) is 84.1 Å². The Morgan fingerprint density at radius 3 is 1.85 bits per heavy atom. The van der Waals surface area contributed by atoms with Crippen molar-refractivity contribution in [1.29, 1.82) is 0 Å². The van der Waals surface area contributed by atoms with Gasteiger partial charge >= 0.3 is 0 Å². The second kappa shape index (κ2) is 16.5. The Balaban J connectivity index is 0.879. The molecular weight excluding hydrogens is 835 g/mol. The SMILES string of the molecule is C1=C(c2ccc3oc4cccc(-c5nc(-c6ccccc6)nc(-c6ccccc6)n5)c4c3c2)CCc2c1c1ccccc1n2-c1ccc(C2=NC(c3ccccc3)NC(c3ccccc3)=N2)cc1. The average molecular weight is 876 g/mol. The molecule has 2 aliphatic rings. The van der Waals surface area contributed by atoms with Gasteiger partial charge in [-0.1, -0.05) is 158 Å². The topological polar surface area (TPSA) is 93.5 Å². The van der Waals surface area contributed by atoms with E-state index < -0.39 is 0 Å². The van der Waals surface area contributed by atoms with Gasteiger partial charge < -0.3 is 14.3 Å². The first kappa shape index (κ1) is 39.4. The normalized spacial score (nSPS) is 14.6. The summed E-state index contributed by atoms with van der Waals surface area (Å²) in [6, 6.07) is 70.9. The number of hydrogen-bond donors (Lipinski definition) is 1. The summed E-state index contributed by atoms with van der Waals surface area (Å²) in [6.07, 6.45) is 3.90. The molecule has 68 heavy (non-hydrogen) atoms. The fourth-order valence-electron chi connectivity index (χ4n) is 9.78. The van der Waals surface area contributed by atoms with E-state index in [1.54, 1.807) is 0 Å². The highest BCUT2D eigenvalue weighted by Gasteiger charge is 2.25. The molecule has 8 nitrogen and oxygen atoms in total. The lowest BCUT2D eigenvalue weighted by Crippen LogP contribution is -2.33. The Labute approximate surface area is 392 Å². The van der Waals surface area contributed by atoms with Gasteiger partial charge in [0.1, 0.15) is 23.2 Å². The van der Waals surface area contributed by atoms with Gasteiger partial charge in [0.25, 0.3) is 0 Å². The quantitative estimate of drug-likeness (QED) is 0.164. The third-order valence-corrected chi connectivity index (χ3v) is 13.1. The zero-order valence-corrected chi connectivity index (χ0v) is 36.8. The van der Waals surface area contributed by atoms with E-state index in [1.807, 2.05) is 109 Å².